The van der Waals surface area contributed by atoms with Gasteiger partial charge in [-0.15, -0.1) is 0 Å². The lowest BCUT2D eigenvalue weighted by Gasteiger charge is -2.29. The zero-order chi connectivity index (χ0) is 12.5. The third kappa shape index (κ3) is 2.49. The Bertz CT molecular complexity index is 421. The number of hydrogen-bond donors (Lipinski definition) is 1. The molecule has 0 bridgehead atoms. The molecule has 3 atom stereocenters. The van der Waals surface area contributed by atoms with Crippen LogP contribution in [0, 0.1) is 11.8 Å². The quantitative estimate of drug-likeness (QED) is 0.910. The van der Waals surface area contributed by atoms with Gasteiger partial charge in [-0.25, -0.2) is 0 Å². The highest BCUT2D eigenvalue weighted by atomic mass is 79.9. The molecule has 98 valence electrons. The normalized spacial score (nSPS) is 32.4. The van der Waals surface area contributed by atoms with Crippen LogP contribution in [-0.2, 0) is 6.54 Å². The molecule has 18 heavy (non-hydrogen) atoms. The number of benzene rings is 1. The minimum atomic E-state index is 0.438. The summed E-state index contributed by atoms with van der Waals surface area (Å²) < 4.78 is 1.23. The van der Waals surface area contributed by atoms with E-state index in [1.165, 1.54) is 42.4 Å². The van der Waals surface area contributed by atoms with Gasteiger partial charge in [0.1, 0.15) is 0 Å². The van der Waals surface area contributed by atoms with Gasteiger partial charge in [0.2, 0.25) is 0 Å². The van der Waals surface area contributed by atoms with Crippen LogP contribution < -0.4 is 5.73 Å². The zero-order valence-corrected chi connectivity index (χ0v) is 12.3. The van der Waals surface area contributed by atoms with E-state index >= 15 is 0 Å². The molecule has 0 radical (unpaired) electrons. The molecule has 3 heteroatoms. The van der Waals surface area contributed by atoms with Crippen molar-refractivity contribution < 1.29 is 0 Å². The summed E-state index contributed by atoms with van der Waals surface area (Å²) >= 11 is 3.64. The van der Waals surface area contributed by atoms with Crippen LogP contribution in [0.2, 0.25) is 0 Å². The molecule has 1 heterocycles. The average molecular weight is 309 g/mol. The second-order valence-electron chi connectivity index (χ2n) is 5.80. The van der Waals surface area contributed by atoms with Crippen LogP contribution in [0.15, 0.2) is 28.7 Å². The maximum Gasteiger partial charge on any atom is 0.0245 e. The SMILES string of the molecule is NC1CCCC2CN(Cc3ccccc3Br)CC12. The molecule has 2 fully saturated rings. The van der Waals surface area contributed by atoms with Crippen LogP contribution >= 0.6 is 15.9 Å². The largest absolute Gasteiger partial charge is 0.327 e. The number of nitrogens with two attached hydrogens (primary N) is 1. The fourth-order valence-electron chi connectivity index (χ4n) is 3.61. The van der Waals surface area contributed by atoms with Gasteiger partial charge < -0.3 is 5.73 Å². The van der Waals surface area contributed by atoms with Gasteiger partial charge in [-0.2, -0.15) is 0 Å². The Hall–Kier alpha value is -0.380. The van der Waals surface area contributed by atoms with E-state index < -0.39 is 0 Å². The van der Waals surface area contributed by atoms with Crippen molar-refractivity contribution in [3.05, 3.63) is 34.3 Å². The van der Waals surface area contributed by atoms with E-state index in [2.05, 4.69) is 45.1 Å². The van der Waals surface area contributed by atoms with Crippen molar-refractivity contribution in [3.8, 4) is 0 Å². The maximum atomic E-state index is 6.27. The van der Waals surface area contributed by atoms with Crippen molar-refractivity contribution in [2.45, 2.75) is 31.8 Å². The van der Waals surface area contributed by atoms with E-state index in [-0.39, 0.29) is 0 Å². The van der Waals surface area contributed by atoms with Gasteiger partial charge in [0.15, 0.2) is 0 Å². The highest BCUT2D eigenvalue weighted by Crippen LogP contribution is 2.36. The summed E-state index contributed by atoms with van der Waals surface area (Å²) in [5.74, 6) is 1.58. The molecule has 2 aliphatic rings. The van der Waals surface area contributed by atoms with Gasteiger partial charge in [-0.1, -0.05) is 40.5 Å². The molecule has 3 unspecified atom stereocenters. The molecule has 2 nitrogen and oxygen atoms in total. The molecule has 2 N–H and O–H groups in total. The number of likely N-dealkylation sites (tertiary alicyclic amines) is 1. The van der Waals surface area contributed by atoms with Crippen LogP contribution in [0.1, 0.15) is 24.8 Å². The molecule has 1 aromatic rings. The van der Waals surface area contributed by atoms with Crippen molar-refractivity contribution in [3.63, 3.8) is 0 Å². The van der Waals surface area contributed by atoms with Crippen molar-refractivity contribution in [1.29, 1.82) is 0 Å². The zero-order valence-electron chi connectivity index (χ0n) is 10.7. The minimum absolute atomic E-state index is 0.438. The Balaban J connectivity index is 1.67. The molecule has 3 rings (SSSR count). The number of halogens is 1. The van der Waals surface area contributed by atoms with Gasteiger partial charge in [-0.3, -0.25) is 4.90 Å². The first-order valence-electron chi connectivity index (χ1n) is 6.95. The van der Waals surface area contributed by atoms with E-state index in [0.29, 0.717) is 6.04 Å². The molecule has 1 saturated heterocycles. The summed E-state index contributed by atoms with van der Waals surface area (Å²) in [7, 11) is 0. The van der Waals surface area contributed by atoms with Crippen LogP contribution in [-0.4, -0.2) is 24.0 Å². The lowest BCUT2D eigenvalue weighted by molar-refractivity contribution is 0.259. The fourth-order valence-corrected chi connectivity index (χ4v) is 4.02. The van der Waals surface area contributed by atoms with Gasteiger partial charge in [0.25, 0.3) is 0 Å². The Morgan fingerprint density at radius 1 is 1.22 bits per heavy atom. The summed E-state index contributed by atoms with van der Waals surface area (Å²) in [6, 6.07) is 8.98. The Morgan fingerprint density at radius 3 is 2.83 bits per heavy atom. The van der Waals surface area contributed by atoms with Crippen molar-refractivity contribution >= 4 is 15.9 Å². The summed E-state index contributed by atoms with van der Waals surface area (Å²) in [6.45, 7) is 3.48. The smallest absolute Gasteiger partial charge is 0.0245 e. The van der Waals surface area contributed by atoms with Crippen LogP contribution in [0.3, 0.4) is 0 Å². The molecule has 1 saturated carbocycles. The summed E-state index contributed by atoms with van der Waals surface area (Å²) in [6.07, 6.45) is 3.93. The van der Waals surface area contributed by atoms with Gasteiger partial charge in [-0.05, 0) is 36.3 Å². The van der Waals surface area contributed by atoms with Crippen molar-refractivity contribution in [1.82, 2.24) is 4.90 Å². The first-order chi connectivity index (χ1) is 8.74. The molecule has 0 spiro atoms. The second kappa shape index (κ2) is 5.32. The predicted molar refractivity (Wildman–Crippen MR) is 78.2 cm³/mol. The highest BCUT2D eigenvalue weighted by Gasteiger charge is 2.38. The molecule has 1 aromatic carbocycles. The number of hydrogen-bond acceptors (Lipinski definition) is 2. The first kappa shape index (κ1) is 12.6. The van der Waals surface area contributed by atoms with E-state index in [4.69, 9.17) is 5.73 Å². The monoisotopic (exact) mass is 308 g/mol. The summed E-state index contributed by atoms with van der Waals surface area (Å²) in [5, 5.41) is 0. The van der Waals surface area contributed by atoms with Gasteiger partial charge in [0, 0.05) is 30.1 Å². The predicted octanol–water partition coefficient (Wildman–Crippen LogP) is 3.01. The lowest BCUT2D eigenvalue weighted by Crippen LogP contribution is -2.38. The van der Waals surface area contributed by atoms with Crippen LogP contribution in [0.4, 0.5) is 0 Å². The van der Waals surface area contributed by atoms with E-state index in [9.17, 15) is 0 Å². The molecular weight excluding hydrogens is 288 g/mol. The minimum Gasteiger partial charge on any atom is -0.327 e. The Morgan fingerprint density at radius 2 is 2.06 bits per heavy atom. The number of rotatable bonds is 2. The molecule has 1 aliphatic carbocycles. The van der Waals surface area contributed by atoms with Crippen molar-refractivity contribution in [2.24, 2.45) is 17.6 Å². The number of nitrogens with zero attached hydrogens (tertiary/aromatic N) is 1. The van der Waals surface area contributed by atoms with Crippen molar-refractivity contribution in [2.75, 3.05) is 13.1 Å². The molecular formula is C15H21BrN2. The summed E-state index contributed by atoms with van der Waals surface area (Å²) in [4.78, 5) is 2.58. The molecule has 0 aromatic heterocycles. The molecule has 1 aliphatic heterocycles. The van der Waals surface area contributed by atoms with Gasteiger partial charge in [0.05, 0.1) is 0 Å². The first-order valence-corrected chi connectivity index (χ1v) is 7.74. The Kier molecular flexibility index (Phi) is 3.73. The van der Waals surface area contributed by atoms with Crippen LogP contribution in [0.25, 0.3) is 0 Å². The molecule has 0 amide bonds. The second-order valence-corrected chi connectivity index (χ2v) is 6.66. The maximum absolute atomic E-state index is 6.27. The third-order valence-corrected chi connectivity index (χ3v) is 5.35. The average Bonchev–Trinajstić information content (AvgIpc) is 2.76. The highest BCUT2D eigenvalue weighted by molar-refractivity contribution is 9.10. The topological polar surface area (TPSA) is 29.3 Å². The van der Waals surface area contributed by atoms with E-state index in [1.807, 2.05) is 0 Å². The standard InChI is InChI=1S/C15H21BrN2/c16-14-6-2-1-4-12(14)9-18-8-11-5-3-7-15(17)13(11)10-18/h1-2,4,6,11,13,15H,3,5,7-10,17H2. The fraction of sp³-hybridized carbons (Fsp3) is 0.600. The van der Waals surface area contributed by atoms with E-state index in [1.54, 1.807) is 0 Å². The Labute approximate surface area is 118 Å². The third-order valence-electron chi connectivity index (χ3n) is 4.58. The number of fused-ring (bicyclic) bond motifs is 1. The van der Waals surface area contributed by atoms with E-state index in [0.717, 1.165) is 18.4 Å². The lowest BCUT2D eigenvalue weighted by atomic mass is 9.78. The van der Waals surface area contributed by atoms with Gasteiger partial charge >= 0.3 is 0 Å². The van der Waals surface area contributed by atoms with Crippen LogP contribution in [0.5, 0.6) is 0 Å². The summed E-state index contributed by atoms with van der Waals surface area (Å²) in [5.41, 5.74) is 7.66.